The second-order valence-corrected chi connectivity index (χ2v) is 4.81. The standard InChI is InChI=1S/C11H23N3O2/c1-9(10(12)14-16)7-13-11(8-15)5-3-2-4-6-11/h9,13,15-16H,2-8H2,1H3,(H2,12,14). The van der Waals surface area contributed by atoms with Crippen molar-refractivity contribution >= 4 is 5.84 Å². The maximum Gasteiger partial charge on any atom is 0.143 e. The summed E-state index contributed by atoms with van der Waals surface area (Å²) < 4.78 is 0. The van der Waals surface area contributed by atoms with E-state index in [2.05, 4.69) is 10.5 Å². The minimum absolute atomic E-state index is 0.0182. The summed E-state index contributed by atoms with van der Waals surface area (Å²) >= 11 is 0. The van der Waals surface area contributed by atoms with Crippen LogP contribution in [0.15, 0.2) is 5.16 Å². The molecule has 1 atom stereocenters. The largest absolute Gasteiger partial charge is 0.409 e. The number of hydrogen-bond donors (Lipinski definition) is 4. The Morgan fingerprint density at radius 1 is 1.44 bits per heavy atom. The van der Waals surface area contributed by atoms with Crippen molar-refractivity contribution in [2.45, 2.75) is 44.6 Å². The van der Waals surface area contributed by atoms with Gasteiger partial charge in [0.2, 0.25) is 0 Å². The maximum atomic E-state index is 9.48. The van der Waals surface area contributed by atoms with Crippen LogP contribution >= 0.6 is 0 Å². The van der Waals surface area contributed by atoms with Crippen LogP contribution in [0.5, 0.6) is 0 Å². The molecule has 0 spiro atoms. The van der Waals surface area contributed by atoms with Crippen molar-refractivity contribution in [3.8, 4) is 0 Å². The first-order valence-electron chi connectivity index (χ1n) is 5.97. The summed E-state index contributed by atoms with van der Waals surface area (Å²) in [6, 6.07) is 0. The Balaban J connectivity index is 2.44. The zero-order chi connectivity index (χ0) is 12.0. The van der Waals surface area contributed by atoms with E-state index in [-0.39, 0.29) is 23.9 Å². The van der Waals surface area contributed by atoms with Gasteiger partial charge in [-0.05, 0) is 12.8 Å². The highest BCUT2D eigenvalue weighted by atomic mass is 16.4. The smallest absolute Gasteiger partial charge is 0.143 e. The molecule has 16 heavy (non-hydrogen) atoms. The predicted octanol–water partition coefficient (Wildman–Crippen LogP) is 0.654. The number of rotatable bonds is 5. The molecule has 0 aromatic heterocycles. The third kappa shape index (κ3) is 3.35. The van der Waals surface area contributed by atoms with Crippen molar-refractivity contribution in [2.75, 3.05) is 13.2 Å². The van der Waals surface area contributed by atoms with Gasteiger partial charge in [0.25, 0.3) is 0 Å². The quantitative estimate of drug-likeness (QED) is 0.241. The van der Waals surface area contributed by atoms with E-state index in [1.807, 2.05) is 6.92 Å². The average molecular weight is 229 g/mol. The van der Waals surface area contributed by atoms with Gasteiger partial charge in [0, 0.05) is 18.0 Å². The first kappa shape index (κ1) is 13.3. The van der Waals surface area contributed by atoms with Crippen LogP contribution < -0.4 is 11.1 Å². The number of nitrogens with one attached hydrogen (secondary N) is 1. The molecule has 1 aliphatic carbocycles. The molecule has 0 aromatic rings. The number of aliphatic hydroxyl groups is 1. The second-order valence-electron chi connectivity index (χ2n) is 4.81. The van der Waals surface area contributed by atoms with Gasteiger partial charge in [-0.1, -0.05) is 31.3 Å². The van der Waals surface area contributed by atoms with Crippen LogP contribution in [0.1, 0.15) is 39.0 Å². The summed E-state index contributed by atoms with van der Waals surface area (Å²) in [5, 5.41) is 24.4. The van der Waals surface area contributed by atoms with Crippen molar-refractivity contribution in [2.24, 2.45) is 16.8 Å². The SMILES string of the molecule is CC(CNC1(CO)CCCCC1)C(N)=NO. The lowest BCUT2D eigenvalue weighted by molar-refractivity contribution is 0.119. The Morgan fingerprint density at radius 2 is 2.06 bits per heavy atom. The van der Waals surface area contributed by atoms with Crippen LogP contribution in [0, 0.1) is 5.92 Å². The summed E-state index contributed by atoms with van der Waals surface area (Å²) in [6.45, 7) is 2.70. The Hall–Kier alpha value is -0.810. The molecular formula is C11H23N3O2. The summed E-state index contributed by atoms with van der Waals surface area (Å²) in [5.41, 5.74) is 5.36. The van der Waals surface area contributed by atoms with Gasteiger partial charge in [0.05, 0.1) is 6.61 Å². The fourth-order valence-corrected chi connectivity index (χ4v) is 2.19. The molecule has 5 N–H and O–H groups in total. The normalized spacial score (nSPS) is 23.0. The monoisotopic (exact) mass is 229 g/mol. The fraction of sp³-hybridized carbons (Fsp3) is 0.909. The Bertz CT molecular complexity index is 237. The van der Waals surface area contributed by atoms with E-state index in [1.165, 1.54) is 6.42 Å². The Morgan fingerprint density at radius 3 is 2.56 bits per heavy atom. The average Bonchev–Trinajstić information content (AvgIpc) is 2.36. The second kappa shape index (κ2) is 6.06. The van der Waals surface area contributed by atoms with Crippen LogP contribution in [0.3, 0.4) is 0 Å². The third-order valence-corrected chi connectivity index (χ3v) is 3.52. The molecule has 1 aliphatic rings. The summed E-state index contributed by atoms with van der Waals surface area (Å²) in [4.78, 5) is 0. The van der Waals surface area contributed by atoms with Crippen molar-refractivity contribution in [3.63, 3.8) is 0 Å². The molecular weight excluding hydrogens is 206 g/mol. The minimum atomic E-state index is -0.151. The molecule has 5 nitrogen and oxygen atoms in total. The number of amidine groups is 1. The van der Waals surface area contributed by atoms with E-state index in [1.54, 1.807) is 0 Å². The maximum absolute atomic E-state index is 9.48. The van der Waals surface area contributed by atoms with Gasteiger partial charge < -0.3 is 21.4 Å². The number of hydrogen-bond acceptors (Lipinski definition) is 4. The first-order valence-corrected chi connectivity index (χ1v) is 5.97. The van der Waals surface area contributed by atoms with Crippen molar-refractivity contribution in [1.29, 1.82) is 0 Å². The molecule has 5 heteroatoms. The van der Waals surface area contributed by atoms with Crippen molar-refractivity contribution in [1.82, 2.24) is 5.32 Å². The van der Waals surface area contributed by atoms with Crippen molar-refractivity contribution in [3.05, 3.63) is 0 Å². The highest BCUT2D eigenvalue weighted by Gasteiger charge is 2.31. The van der Waals surface area contributed by atoms with Gasteiger partial charge in [-0.15, -0.1) is 0 Å². The molecule has 0 saturated heterocycles. The van der Waals surface area contributed by atoms with Gasteiger partial charge >= 0.3 is 0 Å². The summed E-state index contributed by atoms with van der Waals surface area (Å²) in [5.74, 6) is 0.215. The van der Waals surface area contributed by atoms with Gasteiger partial charge in [0.15, 0.2) is 0 Å². The van der Waals surface area contributed by atoms with E-state index in [9.17, 15) is 5.11 Å². The van der Waals surface area contributed by atoms with Crippen LogP contribution in [0.25, 0.3) is 0 Å². The lowest BCUT2D eigenvalue weighted by Gasteiger charge is -2.37. The summed E-state index contributed by atoms with van der Waals surface area (Å²) in [6.07, 6.45) is 5.58. The number of nitrogens with zero attached hydrogens (tertiary/aromatic N) is 1. The van der Waals surface area contributed by atoms with E-state index in [4.69, 9.17) is 10.9 Å². The predicted molar refractivity (Wildman–Crippen MR) is 63.5 cm³/mol. The Kier molecular flexibility index (Phi) is 5.02. The van der Waals surface area contributed by atoms with Crippen molar-refractivity contribution < 1.29 is 10.3 Å². The van der Waals surface area contributed by atoms with Crippen LogP contribution in [0.4, 0.5) is 0 Å². The topological polar surface area (TPSA) is 90.9 Å². The molecule has 1 fully saturated rings. The lowest BCUT2D eigenvalue weighted by Crippen LogP contribution is -2.52. The lowest BCUT2D eigenvalue weighted by atomic mass is 9.82. The first-order chi connectivity index (χ1) is 7.63. The number of nitrogens with two attached hydrogens (primary N) is 1. The number of oxime groups is 1. The molecule has 94 valence electrons. The molecule has 1 saturated carbocycles. The fourth-order valence-electron chi connectivity index (χ4n) is 2.19. The minimum Gasteiger partial charge on any atom is -0.409 e. The third-order valence-electron chi connectivity index (χ3n) is 3.52. The molecule has 0 bridgehead atoms. The van der Waals surface area contributed by atoms with Crippen LogP contribution in [-0.4, -0.2) is 34.8 Å². The van der Waals surface area contributed by atoms with Gasteiger partial charge in [-0.25, -0.2) is 0 Å². The molecule has 0 amide bonds. The molecule has 1 unspecified atom stereocenters. The van der Waals surface area contributed by atoms with E-state index in [0.717, 1.165) is 25.7 Å². The van der Waals surface area contributed by atoms with Gasteiger partial charge in [-0.3, -0.25) is 0 Å². The van der Waals surface area contributed by atoms with Gasteiger partial charge in [0.1, 0.15) is 5.84 Å². The Labute approximate surface area is 96.7 Å². The molecule has 0 aliphatic heterocycles. The van der Waals surface area contributed by atoms with Crippen LogP contribution in [-0.2, 0) is 0 Å². The van der Waals surface area contributed by atoms with Crippen LogP contribution in [0.2, 0.25) is 0 Å². The summed E-state index contributed by atoms with van der Waals surface area (Å²) in [7, 11) is 0. The molecule has 0 heterocycles. The van der Waals surface area contributed by atoms with E-state index >= 15 is 0 Å². The molecule has 0 aromatic carbocycles. The highest BCUT2D eigenvalue weighted by Crippen LogP contribution is 2.27. The zero-order valence-corrected chi connectivity index (χ0v) is 9.95. The zero-order valence-electron chi connectivity index (χ0n) is 9.95. The molecule has 1 rings (SSSR count). The van der Waals surface area contributed by atoms with Gasteiger partial charge in [-0.2, -0.15) is 0 Å². The highest BCUT2D eigenvalue weighted by molar-refractivity contribution is 5.82. The molecule has 0 radical (unpaired) electrons. The van der Waals surface area contributed by atoms with E-state index in [0.29, 0.717) is 6.54 Å². The van der Waals surface area contributed by atoms with E-state index < -0.39 is 0 Å². The number of aliphatic hydroxyl groups excluding tert-OH is 1.